The van der Waals surface area contributed by atoms with E-state index in [-0.39, 0.29) is 29.7 Å². The molecule has 0 aromatic heterocycles. The smallest absolute Gasteiger partial charge is 0.303 e. The van der Waals surface area contributed by atoms with E-state index in [9.17, 15) is 9.59 Å². The summed E-state index contributed by atoms with van der Waals surface area (Å²) in [6.07, 6.45) is 8.04. The van der Waals surface area contributed by atoms with Crippen LogP contribution in [0.4, 0.5) is 0 Å². The van der Waals surface area contributed by atoms with Crippen molar-refractivity contribution in [3.05, 3.63) is 0 Å². The molecule has 2 fully saturated rings. The van der Waals surface area contributed by atoms with Crippen LogP contribution in [-0.2, 0) is 9.59 Å². The number of hydrogen-bond acceptors (Lipinski definition) is 3. The average molecular weight is 282 g/mol. The maximum absolute atomic E-state index is 12.2. The summed E-state index contributed by atoms with van der Waals surface area (Å²) < 4.78 is 0. The lowest BCUT2D eigenvalue weighted by Crippen LogP contribution is -2.45. The lowest BCUT2D eigenvalue weighted by molar-refractivity contribution is -0.141. The summed E-state index contributed by atoms with van der Waals surface area (Å²) in [6.45, 7) is 0.487. The van der Waals surface area contributed by atoms with Crippen molar-refractivity contribution >= 4 is 11.9 Å². The molecule has 5 nitrogen and oxygen atoms in total. The van der Waals surface area contributed by atoms with Gasteiger partial charge >= 0.3 is 5.97 Å². The first-order chi connectivity index (χ1) is 9.52. The average Bonchev–Trinajstić information content (AvgIpc) is 2.83. The molecule has 0 aliphatic heterocycles. The third-order valence-electron chi connectivity index (χ3n) is 4.98. The first kappa shape index (κ1) is 15.3. The Morgan fingerprint density at radius 3 is 2.40 bits per heavy atom. The van der Waals surface area contributed by atoms with Crippen molar-refractivity contribution in [2.45, 2.75) is 63.8 Å². The van der Waals surface area contributed by atoms with Gasteiger partial charge in [0.2, 0.25) is 5.91 Å². The Bertz CT molecular complexity index is 364. The zero-order valence-corrected chi connectivity index (χ0v) is 12.1. The van der Waals surface area contributed by atoms with Crippen LogP contribution in [-0.4, -0.2) is 29.6 Å². The molecule has 0 spiro atoms. The number of hydrogen-bond donors (Lipinski definition) is 3. The Balaban J connectivity index is 1.91. The summed E-state index contributed by atoms with van der Waals surface area (Å²) in [6, 6.07) is -0.0308. The van der Waals surface area contributed by atoms with E-state index < -0.39 is 5.97 Å². The van der Waals surface area contributed by atoms with E-state index in [2.05, 4.69) is 5.32 Å². The first-order valence-electron chi connectivity index (χ1n) is 7.78. The summed E-state index contributed by atoms with van der Waals surface area (Å²) in [5.74, 6) is -0.829. The van der Waals surface area contributed by atoms with E-state index in [1.807, 2.05) is 0 Å². The third kappa shape index (κ3) is 3.72. The van der Waals surface area contributed by atoms with Crippen molar-refractivity contribution in [2.75, 3.05) is 6.54 Å². The minimum Gasteiger partial charge on any atom is -0.481 e. The molecule has 0 heterocycles. The van der Waals surface area contributed by atoms with Crippen LogP contribution in [0.5, 0.6) is 0 Å². The Kier molecular flexibility index (Phi) is 5.02. The molecule has 0 saturated heterocycles. The molecule has 2 aliphatic carbocycles. The highest BCUT2D eigenvalue weighted by Gasteiger charge is 2.36. The number of nitrogens with two attached hydrogens (primary N) is 1. The summed E-state index contributed by atoms with van der Waals surface area (Å²) in [4.78, 5) is 23.3. The predicted molar refractivity (Wildman–Crippen MR) is 76.1 cm³/mol. The number of carbonyl (C=O) groups excluding carboxylic acids is 1. The van der Waals surface area contributed by atoms with E-state index in [1.165, 1.54) is 6.42 Å². The van der Waals surface area contributed by atoms with Crippen LogP contribution < -0.4 is 11.1 Å². The number of carboxylic acid groups (broad SMARTS) is 1. The highest BCUT2D eigenvalue weighted by atomic mass is 16.4. The van der Waals surface area contributed by atoms with E-state index in [4.69, 9.17) is 10.8 Å². The van der Waals surface area contributed by atoms with Gasteiger partial charge in [-0.1, -0.05) is 25.7 Å². The predicted octanol–water partition coefficient (Wildman–Crippen LogP) is 1.66. The summed E-state index contributed by atoms with van der Waals surface area (Å²) >= 11 is 0. The molecule has 2 saturated carbocycles. The molecule has 2 rings (SSSR count). The van der Waals surface area contributed by atoms with Crippen LogP contribution in [0.15, 0.2) is 0 Å². The molecule has 0 aromatic carbocycles. The van der Waals surface area contributed by atoms with Crippen LogP contribution in [0, 0.1) is 11.3 Å². The van der Waals surface area contributed by atoms with Crippen molar-refractivity contribution < 1.29 is 14.7 Å². The zero-order valence-electron chi connectivity index (χ0n) is 12.1. The second-order valence-corrected chi connectivity index (χ2v) is 6.55. The Morgan fingerprint density at radius 1 is 1.15 bits per heavy atom. The number of nitrogens with one attached hydrogen (secondary N) is 1. The fourth-order valence-electron chi connectivity index (χ4n) is 3.76. The lowest BCUT2D eigenvalue weighted by atomic mass is 9.71. The quantitative estimate of drug-likeness (QED) is 0.715. The molecular formula is C15H26N2O3. The molecule has 0 aromatic rings. The van der Waals surface area contributed by atoms with Gasteiger partial charge in [0.15, 0.2) is 0 Å². The van der Waals surface area contributed by atoms with E-state index in [1.54, 1.807) is 0 Å². The minimum absolute atomic E-state index is 0.0188. The van der Waals surface area contributed by atoms with Crippen molar-refractivity contribution in [3.8, 4) is 0 Å². The van der Waals surface area contributed by atoms with E-state index >= 15 is 0 Å². The third-order valence-corrected chi connectivity index (χ3v) is 4.98. The number of aliphatic carboxylic acids is 1. The molecule has 20 heavy (non-hydrogen) atoms. The van der Waals surface area contributed by atoms with Gasteiger partial charge in [-0.15, -0.1) is 0 Å². The Morgan fingerprint density at radius 2 is 1.85 bits per heavy atom. The summed E-state index contributed by atoms with van der Waals surface area (Å²) in [7, 11) is 0. The molecular weight excluding hydrogens is 256 g/mol. The van der Waals surface area contributed by atoms with Crippen LogP contribution in [0.1, 0.15) is 57.8 Å². The maximum atomic E-state index is 12.2. The van der Waals surface area contributed by atoms with Gasteiger partial charge in [0, 0.05) is 12.6 Å². The highest BCUT2D eigenvalue weighted by Crippen LogP contribution is 2.39. The van der Waals surface area contributed by atoms with Gasteiger partial charge in [0.25, 0.3) is 0 Å². The van der Waals surface area contributed by atoms with Gasteiger partial charge in [0.05, 0.1) is 12.3 Å². The first-order valence-corrected chi connectivity index (χ1v) is 7.78. The van der Waals surface area contributed by atoms with Gasteiger partial charge in [0.1, 0.15) is 0 Å². The number of amides is 1. The van der Waals surface area contributed by atoms with E-state index in [0.29, 0.717) is 6.54 Å². The number of rotatable bonds is 5. The van der Waals surface area contributed by atoms with Gasteiger partial charge < -0.3 is 16.2 Å². The van der Waals surface area contributed by atoms with Gasteiger partial charge in [-0.3, -0.25) is 9.59 Å². The normalized spacial score (nSPS) is 29.1. The lowest BCUT2D eigenvalue weighted by Gasteiger charge is -2.36. The molecule has 2 aliphatic rings. The maximum Gasteiger partial charge on any atom is 0.303 e. The topological polar surface area (TPSA) is 92.4 Å². The molecule has 114 valence electrons. The highest BCUT2D eigenvalue weighted by molar-refractivity contribution is 5.79. The molecule has 1 amide bonds. The van der Waals surface area contributed by atoms with Gasteiger partial charge in [-0.25, -0.2) is 0 Å². The molecule has 4 N–H and O–H groups in total. The zero-order chi connectivity index (χ0) is 14.6. The van der Waals surface area contributed by atoms with Crippen molar-refractivity contribution in [1.82, 2.24) is 5.32 Å². The van der Waals surface area contributed by atoms with Crippen LogP contribution in [0.3, 0.4) is 0 Å². The summed E-state index contributed by atoms with van der Waals surface area (Å²) in [5.41, 5.74) is 5.70. The summed E-state index contributed by atoms with van der Waals surface area (Å²) in [5, 5.41) is 12.1. The fraction of sp³-hybridized carbons (Fsp3) is 0.867. The standard InChI is InChI=1S/C15H26N2O3/c16-12-6-4-5-11(12)14(20)17-10-15(9-13(18)19)7-2-1-3-8-15/h11-12H,1-10,16H2,(H,17,20)(H,18,19). The van der Waals surface area contributed by atoms with Crippen LogP contribution >= 0.6 is 0 Å². The van der Waals surface area contributed by atoms with Crippen LogP contribution in [0.2, 0.25) is 0 Å². The van der Waals surface area contributed by atoms with Crippen molar-refractivity contribution in [3.63, 3.8) is 0 Å². The second-order valence-electron chi connectivity index (χ2n) is 6.55. The molecule has 0 radical (unpaired) electrons. The molecule has 5 heteroatoms. The second kappa shape index (κ2) is 6.57. The SMILES string of the molecule is NC1CCCC1C(=O)NCC1(CC(=O)O)CCCCC1. The van der Waals surface area contributed by atoms with Crippen LogP contribution in [0.25, 0.3) is 0 Å². The molecule has 0 bridgehead atoms. The van der Waals surface area contributed by atoms with Crippen molar-refractivity contribution in [1.29, 1.82) is 0 Å². The Hall–Kier alpha value is -1.10. The van der Waals surface area contributed by atoms with Crippen molar-refractivity contribution in [2.24, 2.45) is 17.1 Å². The largest absolute Gasteiger partial charge is 0.481 e. The monoisotopic (exact) mass is 282 g/mol. The van der Waals surface area contributed by atoms with Gasteiger partial charge in [-0.05, 0) is 31.1 Å². The fourth-order valence-corrected chi connectivity index (χ4v) is 3.76. The molecule has 2 unspecified atom stereocenters. The minimum atomic E-state index is -0.765. The molecule has 2 atom stereocenters. The number of carbonyl (C=O) groups is 2. The number of carboxylic acids is 1. The van der Waals surface area contributed by atoms with E-state index in [0.717, 1.165) is 44.9 Å². The van der Waals surface area contributed by atoms with Gasteiger partial charge in [-0.2, -0.15) is 0 Å². The Labute approximate surface area is 120 Å².